The van der Waals surface area contributed by atoms with E-state index in [0.29, 0.717) is 6.54 Å². The highest BCUT2D eigenvalue weighted by atomic mass is 16.6. The highest BCUT2D eigenvalue weighted by Gasteiger charge is 2.34. The first kappa shape index (κ1) is 29.3. The first-order valence-electron chi connectivity index (χ1n) is 11.8. The maximum absolute atomic E-state index is 13.3. The molecular formula is C26H43N3O5. The van der Waals surface area contributed by atoms with Crippen molar-refractivity contribution in [3.8, 4) is 5.75 Å². The predicted octanol–water partition coefficient (Wildman–Crippen LogP) is 3.74. The van der Waals surface area contributed by atoms with E-state index in [1.54, 1.807) is 32.9 Å². The minimum atomic E-state index is -0.849. The number of nitrogens with one attached hydrogen (secondary N) is 2. The van der Waals surface area contributed by atoms with Crippen molar-refractivity contribution < 1.29 is 24.2 Å². The number of rotatable bonds is 8. The van der Waals surface area contributed by atoms with Gasteiger partial charge in [-0.05, 0) is 56.2 Å². The standard InChI is InChI=1S/C26H43N3O5/c1-11-27-22(31)19(15-17-12-13-20(30)18(14-17)25(4,5)6)28-23(32)21(16(2)3)29(10)24(33)34-26(7,8)9/h12-14,16,19,21,30H,11,15H2,1-10H3,(H,27,31)(H,28,32)/t19-,21-/m0/s1. The Morgan fingerprint density at radius 2 is 1.65 bits per heavy atom. The van der Waals surface area contributed by atoms with E-state index in [-0.39, 0.29) is 29.4 Å². The number of likely N-dealkylation sites (N-methyl/N-ethyl adjacent to an activating group) is 2. The summed E-state index contributed by atoms with van der Waals surface area (Å²) >= 11 is 0. The Hall–Kier alpha value is -2.77. The zero-order valence-corrected chi connectivity index (χ0v) is 22.4. The second-order valence-corrected chi connectivity index (χ2v) is 11.0. The summed E-state index contributed by atoms with van der Waals surface area (Å²) < 4.78 is 5.43. The van der Waals surface area contributed by atoms with Crippen LogP contribution in [-0.2, 0) is 26.2 Å². The normalized spacial score (nSPS) is 13.7. The summed E-state index contributed by atoms with van der Waals surface area (Å²) in [6.45, 7) is 17.2. The quantitative estimate of drug-likeness (QED) is 0.529. The lowest BCUT2D eigenvalue weighted by atomic mass is 9.84. The molecule has 34 heavy (non-hydrogen) atoms. The largest absolute Gasteiger partial charge is 0.508 e. The van der Waals surface area contributed by atoms with Gasteiger partial charge < -0.3 is 20.5 Å². The van der Waals surface area contributed by atoms with Gasteiger partial charge in [0.1, 0.15) is 23.4 Å². The summed E-state index contributed by atoms with van der Waals surface area (Å²) in [4.78, 5) is 40.0. The fraction of sp³-hybridized carbons (Fsp3) is 0.654. The molecule has 3 amide bonds. The number of ether oxygens (including phenoxy) is 1. The van der Waals surface area contributed by atoms with Gasteiger partial charge in [0, 0.05) is 20.0 Å². The van der Waals surface area contributed by atoms with Crippen LogP contribution in [0.15, 0.2) is 18.2 Å². The number of carbonyl (C=O) groups excluding carboxylic acids is 3. The molecule has 0 bridgehead atoms. The Morgan fingerprint density at radius 3 is 2.12 bits per heavy atom. The van der Waals surface area contributed by atoms with Crippen molar-refractivity contribution in [2.75, 3.05) is 13.6 Å². The Balaban J connectivity index is 3.20. The molecule has 0 saturated carbocycles. The van der Waals surface area contributed by atoms with E-state index < -0.39 is 29.7 Å². The van der Waals surface area contributed by atoms with E-state index in [2.05, 4.69) is 10.6 Å². The molecule has 8 heteroatoms. The van der Waals surface area contributed by atoms with Crippen molar-refractivity contribution in [3.05, 3.63) is 29.3 Å². The van der Waals surface area contributed by atoms with E-state index in [0.717, 1.165) is 11.1 Å². The van der Waals surface area contributed by atoms with E-state index in [1.165, 1.54) is 11.9 Å². The predicted molar refractivity (Wildman–Crippen MR) is 134 cm³/mol. The minimum Gasteiger partial charge on any atom is -0.508 e. The highest BCUT2D eigenvalue weighted by molar-refractivity contribution is 5.91. The van der Waals surface area contributed by atoms with Gasteiger partial charge in [-0.3, -0.25) is 14.5 Å². The van der Waals surface area contributed by atoms with Gasteiger partial charge in [0.25, 0.3) is 0 Å². The van der Waals surface area contributed by atoms with Gasteiger partial charge in [0.15, 0.2) is 0 Å². The van der Waals surface area contributed by atoms with Crippen LogP contribution in [0.4, 0.5) is 4.79 Å². The molecule has 0 aliphatic rings. The molecule has 0 fully saturated rings. The van der Waals surface area contributed by atoms with Crippen LogP contribution < -0.4 is 10.6 Å². The summed E-state index contributed by atoms with van der Waals surface area (Å²) in [6, 6.07) is 3.55. The maximum Gasteiger partial charge on any atom is 0.410 e. The summed E-state index contributed by atoms with van der Waals surface area (Å²) in [6.07, 6.45) is -0.369. The van der Waals surface area contributed by atoms with E-state index in [9.17, 15) is 19.5 Å². The van der Waals surface area contributed by atoms with Crippen LogP contribution in [0, 0.1) is 5.92 Å². The Kier molecular flexibility index (Phi) is 9.97. The van der Waals surface area contributed by atoms with E-state index >= 15 is 0 Å². The lowest BCUT2D eigenvalue weighted by Gasteiger charge is -2.33. The summed E-state index contributed by atoms with van der Waals surface area (Å²) in [5.41, 5.74) is 0.580. The van der Waals surface area contributed by atoms with E-state index in [4.69, 9.17) is 4.74 Å². The van der Waals surface area contributed by atoms with Crippen LogP contribution in [0.1, 0.15) is 73.4 Å². The lowest BCUT2D eigenvalue weighted by Crippen LogP contribution is -2.56. The summed E-state index contributed by atoms with van der Waals surface area (Å²) in [7, 11) is 1.52. The second kappa shape index (κ2) is 11.6. The first-order chi connectivity index (χ1) is 15.5. The van der Waals surface area contributed by atoms with Gasteiger partial charge in [0.2, 0.25) is 11.8 Å². The van der Waals surface area contributed by atoms with Gasteiger partial charge >= 0.3 is 6.09 Å². The first-order valence-corrected chi connectivity index (χ1v) is 11.8. The van der Waals surface area contributed by atoms with Gasteiger partial charge in [-0.2, -0.15) is 0 Å². The van der Waals surface area contributed by atoms with Gasteiger partial charge in [0.05, 0.1) is 0 Å². The number of amides is 3. The molecule has 0 spiro atoms. The number of benzene rings is 1. The third-order valence-corrected chi connectivity index (χ3v) is 5.29. The molecule has 0 saturated heterocycles. The van der Waals surface area contributed by atoms with Crippen LogP contribution in [0.2, 0.25) is 0 Å². The minimum absolute atomic E-state index is 0.189. The lowest BCUT2D eigenvalue weighted by molar-refractivity contribution is -0.132. The van der Waals surface area contributed by atoms with Crippen molar-refractivity contribution in [1.29, 1.82) is 0 Å². The molecule has 0 aromatic heterocycles. The van der Waals surface area contributed by atoms with Crippen LogP contribution in [0.5, 0.6) is 5.75 Å². The van der Waals surface area contributed by atoms with Gasteiger partial charge in [-0.25, -0.2) is 4.79 Å². The molecule has 0 heterocycles. The molecule has 192 valence electrons. The van der Waals surface area contributed by atoms with Crippen molar-refractivity contribution in [3.63, 3.8) is 0 Å². The molecule has 0 radical (unpaired) electrons. The maximum atomic E-state index is 13.3. The van der Waals surface area contributed by atoms with E-state index in [1.807, 2.05) is 47.6 Å². The second-order valence-electron chi connectivity index (χ2n) is 11.0. The number of carbonyl (C=O) groups is 3. The van der Waals surface area contributed by atoms with Gasteiger partial charge in [-0.1, -0.05) is 46.8 Å². The topological polar surface area (TPSA) is 108 Å². The smallest absolute Gasteiger partial charge is 0.410 e. The van der Waals surface area contributed by atoms with Crippen molar-refractivity contribution >= 4 is 17.9 Å². The summed E-state index contributed by atoms with van der Waals surface area (Å²) in [5, 5.41) is 15.9. The fourth-order valence-electron chi connectivity index (χ4n) is 3.68. The molecule has 0 unspecified atom stereocenters. The number of aromatic hydroxyl groups is 1. The van der Waals surface area contributed by atoms with Crippen LogP contribution in [0.3, 0.4) is 0 Å². The van der Waals surface area contributed by atoms with Crippen molar-refractivity contribution in [2.24, 2.45) is 5.92 Å². The fourth-order valence-corrected chi connectivity index (χ4v) is 3.68. The zero-order valence-electron chi connectivity index (χ0n) is 22.4. The van der Waals surface area contributed by atoms with Crippen LogP contribution in [-0.4, -0.2) is 59.2 Å². The Bertz CT molecular complexity index is 868. The molecule has 3 N–H and O–H groups in total. The number of phenols is 1. The number of hydrogen-bond acceptors (Lipinski definition) is 5. The van der Waals surface area contributed by atoms with Gasteiger partial charge in [-0.15, -0.1) is 0 Å². The SMILES string of the molecule is CCNC(=O)[C@H](Cc1ccc(O)c(C(C)(C)C)c1)NC(=O)[C@H](C(C)C)N(C)C(=O)OC(C)(C)C. The molecule has 1 aromatic carbocycles. The third-order valence-electron chi connectivity index (χ3n) is 5.29. The van der Waals surface area contributed by atoms with Crippen molar-refractivity contribution in [1.82, 2.24) is 15.5 Å². The average Bonchev–Trinajstić information content (AvgIpc) is 2.66. The monoisotopic (exact) mass is 477 g/mol. The zero-order chi connectivity index (χ0) is 26.4. The number of phenolic OH excluding ortho intramolecular Hbond substituents is 1. The van der Waals surface area contributed by atoms with Crippen LogP contribution >= 0.6 is 0 Å². The molecule has 2 atom stereocenters. The molecular weight excluding hydrogens is 434 g/mol. The number of hydrogen-bond donors (Lipinski definition) is 3. The molecule has 0 aliphatic carbocycles. The van der Waals surface area contributed by atoms with Crippen LogP contribution in [0.25, 0.3) is 0 Å². The molecule has 1 aromatic rings. The molecule has 0 aliphatic heterocycles. The number of nitrogens with zero attached hydrogens (tertiary/aromatic N) is 1. The molecule has 8 nitrogen and oxygen atoms in total. The van der Waals surface area contributed by atoms with Crippen molar-refractivity contribution in [2.45, 2.75) is 91.8 Å². The highest BCUT2D eigenvalue weighted by Crippen LogP contribution is 2.31. The Labute approximate surface area is 204 Å². The molecule has 1 rings (SSSR count). The summed E-state index contributed by atoms with van der Waals surface area (Å²) in [5.74, 6) is -0.777. The third kappa shape index (κ3) is 8.54. The Morgan fingerprint density at radius 1 is 1.06 bits per heavy atom. The average molecular weight is 478 g/mol.